The molecule has 1 saturated carbocycles. The van der Waals surface area contributed by atoms with Crippen molar-refractivity contribution in [2.75, 3.05) is 0 Å². The molecule has 90 valence electrons. The normalized spacial score (nSPS) is 25.4. The SMILES string of the molecule is O=CC1OC2(CCCC2)Oc2ccc(Cl)cc21. The molecule has 1 aromatic carbocycles. The number of benzene rings is 1. The number of ether oxygens (including phenoxy) is 2. The van der Waals surface area contributed by atoms with Gasteiger partial charge in [-0.25, -0.2) is 0 Å². The zero-order valence-corrected chi connectivity index (χ0v) is 10.1. The average molecular weight is 253 g/mol. The monoisotopic (exact) mass is 252 g/mol. The van der Waals surface area contributed by atoms with E-state index in [1.165, 1.54) is 0 Å². The van der Waals surface area contributed by atoms with Crippen molar-refractivity contribution in [1.82, 2.24) is 0 Å². The third-order valence-corrected chi connectivity index (χ3v) is 3.64. The van der Waals surface area contributed by atoms with E-state index in [1.54, 1.807) is 12.1 Å². The predicted octanol–water partition coefficient (Wildman–Crippen LogP) is 3.26. The Morgan fingerprint density at radius 3 is 2.82 bits per heavy atom. The van der Waals surface area contributed by atoms with E-state index >= 15 is 0 Å². The molecule has 2 aliphatic rings. The maximum absolute atomic E-state index is 11.2. The molecule has 4 heteroatoms. The summed E-state index contributed by atoms with van der Waals surface area (Å²) in [5, 5.41) is 0.588. The fraction of sp³-hybridized carbons (Fsp3) is 0.462. The first-order valence-corrected chi connectivity index (χ1v) is 6.22. The summed E-state index contributed by atoms with van der Waals surface area (Å²) < 4.78 is 11.7. The van der Waals surface area contributed by atoms with E-state index in [0.29, 0.717) is 5.02 Å². The molecule has 0 bridgehead atoms. The molecule has 3 nitrogen and oxygen atoms in total. The van der Waals surface area contributed by atoms with Gasteiger partial charge in [-0.2, -0.15) is 0 Å². The fourth-order valence-electron chi connectivity index (χ4n) is 2.59. The first kappa shape index (κ1) is 11.1. The summed E-state index contributed by atoms with van der Waals surface area (Å²) in [6.45, 7) is 0. The minimum absolute atomic E-state index is 0.560. The fourth-order valence-corrected chi connectivity index (χ4v) is 2.77. The third kappa shape index (κ3) is 1.83. The van der Waals surface area contributed by atoms with Gasteiger partial charge in [-0.3, -0.25) is 0 Å². The number of rotatable bonds is 1. The Kier molecular flexibility index (Phi) is 2.60. The van der Waals surface area contributed by atoms with Crippen LogP contribution in [0.3, 0.4) is 0 Å². The lowest BCUT2D eigenvalue weighted by Gasteiger charge is -2.38. The molecule has 1 atom stereocenters. The highest BCUT2D eigenvalue weighted by Gasteiger charge is 2.44. The van der Waals surface area contributed by atoms with Crippen molar-refractivity contribution in [3.63, 3.8) is 0 Å². The molecule has 1 aliphatic heterocycles. The number of aldehydes is 1. The van der Waals surface area contributed by atoms with E-state index in [2.05, 4.69) is 0 Å². The average Bonchev–Trinajstić information content (AvgIpc) is 2.77. The standard InChI is InChI=1S/C13H13ClO3/c14-9-3-4-11-10(7-9)12(8-15)17-13(16-11)5-1-2-6-13/h3-4,7-8,12H,1-2,5-6H2. The molecule has 1 aliphatic carbocycles. The Morgan fingerprint density at radius 1 is 1.35 bits per heavy atom. The number of fused-ring (bicyclic) bond motifs is 1. The molecular formula is C13H13ClO3. The minimum atomic E-state index is -0.591. The summed E-state index contributed by atoms with van der Waals surface area (Å²) in [7, 11) is 0. The predicted molar refractivity (Wildman–Crippen MR) is 63.2 cm³/mol. The zero-order chi connectivity index (χ0) is 11.9. The molecule has 17 heavy (non-hydrogen) atoms. The van der Waals surface area contributed by atoms with Crippen molar-refractivity contribution in [1.29, 1.82) is 0 Å². The van der Waals surface area contributed by atoms with Crippen LogP contribution in [0.5, 0.6) is 5.75 Å². The van der Waals surface area contributed by atoms with Gasteiger partial charge < -0.3 is 14.3 Å². The lowest BCUT2D eigenvalue weighted by atomic mass is 10.1. The van der Waals surface area contributed by atoms with E-state index in [0.717, 1.165) is 43.3 Å². The Balaban J connectivity index is 2.03. The van der Waals surface area contributed by atoms with Crippen LogP contribution in [0.4, 0.5) is 0 Å². The van der Waals surface area contributed by atoms with Gasteiger partial charge >= 0.3 is 0 Å². The number of halogens is 1. The van der Waals surface area contributed by atoms with Crippen molar-refractivity contribution in [3.05, 3.63) is 28.8 Å². The van der Waals surface area contributed by atoms with Crippen LogP contribution in [0.25, 0.3) is 0 Å². The van der Waals surface area contributed by atoms with Crippen molar-refractivity contribution in [2.45, 2.75) is 37.6 Å². The van der Waals surface area contributed by atoms with E-state index in [-0.39, 0.29) is 0 Å². The molecule has 0 amide bonds. The molecule has 1 unspecified atom stereocenters. The highest BCUT2D eigenvalue weighted by Crippen LogP contribution is 2.45. The molecule has 3 rings (SSSR count). The Hall–Kier alpha value is -1.06. The molecule has 0 radical (unpaired) electrons. The van der Waals surface area contributed by atoms with Gasteiger partial charge in [0, 0.05) is 23.4 Å². The van der Waals surface area contributed by atoms with Crippen molar-refractivity contribution in [3.8, 4) is 5.75 Å². The molecule has 1 aromatic rings. The number of hydrogen-bond acceptors (Lipinski definition) is 3. The van der Waals surface area contributed by atoms with Gasteiger partial charge in [0.05, 0.1) is 0 Å². The summed E-state index contributed by atoms with van der Waals surface area (Å²) in [6, 6.07) is 5.32. The first-order chi connectivity index (χ1) is 8.22. The number of carbonyl (C=O) groups is 1. The van der Waals surface area contributed by atoms with Gasteiger partial charge in [-0.15, -0.1) is 0 Å². The van der Waals surface area contributed by atoms with Crippen molar-refractivity contribution >= 4 is 17.9 Å². The number of hydrogen-bond donors (Lipinski definition) is 0. The van der Waals surface area contributed by atoms with Gasteiger partial charge in [0.1, 0.15) is 11.9 Å². The summed E-state index contributed by atoms with van der Waals surface area (Å²) in [4.78, 5) is 11.2. The van der Waals surface area contributed by atoms with Crippen LogP contribution in [0.15, 0.2) is 18.2 Å². The van der Waals surface area contributed by atoms with Crippen LogP contribution in [-0.4, -0.2) is 12.1 Å². The summed E-state index contributed by atoms with van der Waals surface area (Å²) in [6.07, 6.45) is 4.11. The van der Waals surface area contributed by atoms with Crippen LogP contribution >= 0.6 is 11.6 Å². The van der Waals surface area contributed by atoms with Crippen LogP contribution in [0.1, 0.15) is 37.4 Å². The van der Waals surface area contributed by atoms with E-state index in [4.69, 9.17) is 21.1 Å². The smallest absolute Gasteiger partial charge is 0.211 e. The van der Waals surface area contributed by atoms with Crippen LogP contribution in [-0.2, 0) is 9.53 Å². The Bertz CT molecular complexity index is 452. The van der Waals surface area contributed by atoms with Gasteiger partial charge in [-0.05, 0) is 31.0 Å². The lowest BCUT2D eigenvalue weighted by molar-refractivity contribution is -0.219. The Morgan fingerprint density at radius 2 is 2.12 bits per heavy atom. The first-order valence-electron chi connectivity index (χ1n) is 5.84. The zero-order valence-electron chi connectivity index (χ0n) is 9.32. The van der Waals surface area contributed by atoms with Gasteiger partial charge in [0.15, 0.2) is 6.29 Å². The van der Waals surface area contributed by atoms with E-state index in [1.807, 2.05) is 6.07 Å². The summed E-state index contributed by atoms with van der Waals surface area (Å²) in [5.74, 6) is 0.131. The maximum Gasteiger partial charge on any atom is 0.211 e. The third-order valence-electron chi connectivity index (χ3n) is 3.41. The van der Waals surface area contributed by atoms with Gasteiger partial charge in [-0.1, -0.05) is 11.6 Å². The topological polar surface area (TPSA) is 35.5 Å². The van der Waals surface area contributed by atoms with E-state index in [9.17, 15) is 4.79 Å². The molecular weight excluding hydrogens is 240 g/mol. The minimum Gasteiger partial charge on any atom is -0.462 e. The molecule has 1 spiro atoms. The quantitative estimate of drug-likeness (QED) is 0.720. The largest absolute Gasteiger partial charge is 0.462 e. The summed E-state index contributed by atoms with van der Waals surface area (Å²) >= 11 is 5.92. The highest BCUT2D eigenvalue weighted by atomic mass is 35.5. The second-order valence-electron chi connectivity index (χ2n) is 4.58. The number of carbonyl (C=O) groups excluding carboxylic acids is 1. The molecule has 1 fully saturated rings. The van der Waals surface area contributed by atoms with E-state index < -0.39 is 11.9 Å². The molecule has 0 saturated heterocycles. The lowest BCUT2D eigenvalue weighted by Crippen LogP contribution is -2.41. The van der Waals surface area contributed by atoms with Crippen molar-refractivity contribution < 1.29 is 14.3 Å². The molecule has 1 heterocycles. The van der Waals surface area contributed by atoms with Gasteiger partial charge in [0.25, 0.3) is 0 Å². The molecule has 0 N–H and O–H groups in total. The second kappa shape index (κ2) is 4.00. The van der Waals surface area contributed by atoms with Crippen LogP contribution in [0, 0.1) is 0 Å². The summed E-state index contributed by atoms with van der Waals surface area (Å²) in [5.41, 5.74) is 0.727. The second-order valence-corrected chi connectivity index (χ2v) is 5.01. The van der Waals surface area contributed by atoms with Crippen LogP contribution in [0.2, 0.25) is 5.02 Å². The van der Waals surface area contributed by atoms with Gasteiger partial charge in [0.2, 0.25) is 5.79 Å². The Labute approximate surface area is 105 Å². The molecule has 0 aromatic heterocycles. The van der Waals surface area contributed by atoms with Crippen LogP contribution < -0.4 is 4.74 Å². The maximum atomic E-state index is 11.2. The highest BCUT2D eigenvalue weighted by molar-refractivity contribution is 6.30. The van der Waals surface area contributed by atoms with Crippen molar-refractivity contribution in [2.24, 2.45) is 0 Å².